The number of morpholine rings is 1. The molecule has 140 valence electrons. The molecule has 1 aliphatic heterocycles. The summed E-state index contributed by atoms with van der Waals surface area (Å²) in [6, 6.07) is 7.23. The first kappa shape index (κ1) is 20.2. The van der Waals surface area contributed by atoms with Crippen LogP contribution in [0, 0.1) is 5.92 Å². The third-order valence-corrected chi connectivity index (χ3v) is 4.41. The van der Waals surface area contributed by atoms with Crippen LogP contribution in [0.15, 0.2) is 24.3 Å². The summed E-state index contributed by atoms with van der Waals surface area (Å²) in [7, 11) is 0. The van der Waals surface area contributed by atoms with E-state index in [1.807, 2.05) is 6.92 Å². The largest absolute Gasteiger partial charge is 0.374 e. The highest BCUT2D eigenvalue weighted by atomic mass is 35.5. The second kappa shape index (κ2) is 10.1. The van der Waals surface area contributed by atoms with Crippen LogP contribution in [0.3, 0.4) is 0 Å². The van der Waals surface area contributed by atoms with Crippen LogP contribution >= 0.6 is 11.6 Å². The molecule has 1 heterocycles. The minimum atomic E-state index is -0.00619. The molecule has 0 spiro atoms. The third kappa shape index (κ3) is 7.74. The van der Waals surface area contributed by atoms with Crippen molar-refractivity contribution in [1.82, 2.24) is 10.2 Å². The van der Waals surface area contributed by atoms with Gasteiger partial charge in [-0.1, -0.05) is 25.4 Å². The Morgan fingerprint density at radius 3 is 2.72 bits per heavy atom. The van der Waals surface area contributed by atoms with Gasteiger partial charge in [-0.05, 0) is 37.1 Å². The number of hydrogen-bond acceptors (Lipinski definition) is 4. The Hall–Kier alpha value is -1.14. The van der Waals surface area contributed by atoms with E-state index in [9.17, 15) is 4.79 Å². The predicted molar refractivity (Wildman–Crippen MR) is 103 cm³/mol. The van der Waals surface area contributed by atoms with Crippen molar-refractivity contribution in [1.29, 1.82) is 0 Å². The van der Waals surface area contributed by atoms with Gasteiger partial charge < -0.3 is 15.4 Å². The standard InChI is InChI=1S/C19H30ClN3O2/c1-14(2)12-23-8-9-25-18(13-23)11-21-15(3)10-19(24)22-17-6-4-16(20)5-7-17/h4-7,14-15,18,21H,8-13H2,1-3H3,(H,22,24)/t15-,18-/m1/s1. The number of amides is 1. The highest BCUT2D eigenvalue weighted by molar-refractivity contribution is 6.30. The number of ether oxygens (including phenoxy) is 1. The molecule has 0 saturated carbocycles. The lowest BCUT2D eigenvalue weighted by atomic mass is 10.1. The first-order chi connectivity index (χ1) is 11.9. The van der Waals surface area contributed by atoms with E-state index in [-0.39, 0.29) is 18.1 Å². The maximum Gasteiger partial charge on any atom is 0.225 e. The van der Waals surface area contributed by atoms with Gasteiger partial charge in [-0.2, -0.15) is 0 Å². The van der Waals surface area contributed by atoms with E-state index in [0.29, 0.717) is 17.4 Å². The number of benzene rings is 1. The molecule has 2 N–H and O–H groups in total. The van der Waals surface area contributed by atoms with Crippen LogP contribution < -0.4 is 10.6 Å². The number of rotatable bonds is 8. The van der Waals surface area contributed by atoms with E-state index < -0.39 is 0 Å². The first-order valence-corrected chi connectivity index (χ1v) is 9.43. The molecule has 5 nitrogen and oxygen atoms in total. The van der Waals surface area contributed by atoms with Gasteiger partial charge in [0.1, 0.15) is 0 Å². The summed E-state index contributed by atoms with van der Waals surface area (Å²) in [4.78, 5) is 14.6. The number of anilines is 1. The fraction of sp³-hybridized carbons (Fsp3) is 0.632. The molecule has 1 aromatic carbocycles. The van der Waals surface area contributed by atoms with Gasteiger partial charge >= 0.3 is 0 Å². The molecule has 6 heteroatoms. The topological polar surface area (TPSA) is 53.6 Å². The van der Waals surface area contributed by atoms with Crippen molar-refractivity contribution in [3.8, 4) is 0 Å². The fourth-order valence-electron chi connectivity index (χ4n) is 3.01. The van der Waals surface area contributed by atoms with E-state index in [4.69, 9.17) is 16.3 Å². The number of carbonyl (C=O) groups excluding carboxylic acids is 1. The second-order valence-corrected chi connectivity index (χ2v) is 7.65. The predicted octanol–water partition coefficient (Wildman–Crippen LogP) is 3.00. The van der Waals surface area contributed by atoms with Gasteiger partial charge in [0.25, 0.3) is 0 Å². The highest BCUT2D eigenvalue weighted by Crippen LogP contribution is 2.14. The van der Waals surface area contributed by atoms with Crippen LogP contribution in [0.2, 0.25) is 5.02 Å². The van der Waals surface area contributed by atoms with E-state index in [1.165, 1.54) is 0 Å². The summed E-state index contributed by atoms with van der Waals surface area (Å²) in [6.45, 7) is 11.1. The average Bonchev–Trinajstić information content (AvgIpc) is 2.55. The molecule has 1 aliphatic rings. The summed E-state index contributed by atoms with van der Waals surface area (Å²) in [5.41, 5.74) is 0.765. The Balaban J connectivity index is 1.68. The first-order valence-electron chi connectivity index (χ1n) is 9.05. The van der Waals surface area contributed by atoms with Crippen molar-refractivity contribution in [3.63, 3.8) is 0 Å². The summed E-state index contributed by atoms with van der Waals surface area (Å²) < 4.78 is 5.83. The number of nitrogens with zero attached hydrogens (tertiary/aromatic N) is 1. The van der Waals surface area contributed by atoms with Crippen molar-refractivity contribution in [3.05, 3.63) is 29.3 Å². The molecule has 1 saturated heterocycles. The van der Waals surface area contributed by atoms with Crippen LogP contribution in [-0.2, 0) is 9.53 Å². The van der Waals surface area contributed by atoms with Gasteiger partial charge in [-0.25, -0.2) is 0 Å². The zero-order chi connectivity index (χ0) is 18.2. The van der Waals surface area contributed by atoms with Crippen LogP contribution in [-0.4, -0.2) is 55.7 Å². The molecule has 0 radical (unpaired) electrons. The van der Waals surface area contributed by atoms with E-state index in [1.54, 1.807) is 24.3 Å². The van der Waals surface area contributed by atoms with Gasteiger partial charge in [0, 0.05) is 49.4 Å². The van der Waals surface area contributed by atoms with Crippen LogP contribution in [0.4, 0.5) is 5.69 Å². The third-order valence-electron chi connectivity index (χ3n) is 4.16. The van der Waals surface area contributed by atoms with Crippen molar-refractivity contribution in [2.75, 3.05) is 38.1 Å². The zero-order valence-corrected chi connectivity index (χ0v) is 16.2. The number of hydrogen-bond donors (Lipinski definition) is 2. The van der Waals surface area contributed by atoms with Gasteiger partial charge in [0.15, 0.2) is 0 Å². The zero-order valence-electron chi connectivity index (χ0n) is 15.4. The van der Waals surface area contributed by atoms with Crippen LogP contribution in [0.5, 0.6) is 0 Å². The van der Waals surface area contributed by atoms with E-state index >= 15 is 0 Å². The molecule has 1 fully saturated rings. The van der Waals surface area contributed by atoms with Crippen molar-refractivity contribution < 1.29 is 9.53 Å². The van der Waals surface area contributed by atoms with Crippen molar-refractivity contribution >= 4 is 23.2 Å². The average molecular weight is 368 g/mol. The normalized spacial score (nSPS) is 19.8. The van der Waals surface area contributed by atoms with E-state index in [0.717, 1.165) is 38.5 Å². The maximum absolute atomic E-state index is 12.1. The minimum Gasteiger partial charge on any atom is -0.374 e. The van der Waals surface area contributed by atoms with Gasteiger partial charge in [-0.15, -0.1) is 0 Å². The summed E-state index contributed by atoms with van der Waals surface area (Å²) in [6.07, 6.45) is 0.611. The Labute approximate surface area is 156 Å². The van der Waals surface area contributed by atoms with Crippen molar-refractivity contribution in [2.24, 2.45) is 5.92 Å². The van der Waals surface area contributed by atoms with Gasteiger partial charge in [-0.3, -0.25) is 9.69 Å². The number of halogens is 1. The molecular weight excluding hydrogens is 338 g/mol. The van der Waals surface area contributed by atoms with Gasteiger partial charge in [0.05, 0.1) is 12.7 Å². The number of nitrogens with one attached hydrogen (secondary N) is 2. The minimum absolute atomic E-state index is 0.00619. The molecule has 0 aliphatic carbocycles. The second-order valence-electron chi connectivity index (χ2n) is 7.21. The quantitative estimate of drug-likeness (QED) is 0.741. The molecule has 1 aromatic rings. The van der Waals surface area contributed by atoms with Crippen molar-refractivity contribution in [2.45, 2.75) is 39.3 Å². The smallest absolute Gasteiger partial charge is 0.225 e. The summed E-state index contributed by atoms with van der Waals surface area (Å²) >= 11 is 5.85. The molecule has 0 bridgehead atoms. The molecule has 2 rings (SSSR count). The number of carbonyl (C=O) groups is 1. The van der Waals surface area contributed by atoms with Crippen LogP contribution in [0.1, 0.15) is 27.2 Å². The molecule has 25 heavy (non-hydrogen) atoms. The SMILES string of the molecule is CC(C)CN1CCO[C@H](CN[C@H](C)CC(=O)Nc2ccc(Cl)cc2)C1. The van der Waals surface area contributed by atoms with E-state index in [2.05, 4.69) is 29.4 Å². The fourth-order valence-corrected chi connectivity index (χ4v) is 3.14. The Morgan fingerprint density at radius 2 is 2.04 bits per heavy atom. The summed E-state index contributed by atoms with van der Waals surface area (Å²) in [5.74, 6) is 0.663. The summed E-state index contributed by atoms with van der Waals surface area (Å²) in [5, 5.41) is 6.97. The Kier molecular flexibility index (Phi) is 8.16. The molecule has 0 unspecified atom stereocenters. The van der Waals surface area contributed by atoms with Gasteiger partial charge in [0.2, 0.25) is 5.91 Å². The molecular formula is C19H30ClN3O2. The molecule has 1 amide bonds. The lowest BCUT2D eigenvalue weighted by Crippen LogP contribution is -2.49. The lowest BCUT2D eigenvalue weighted by molar-refractivity contribution is -0.116. The Bertz CT molecular complexity index is 536. The lowest BCUT2D eigenvalue weighted by Gasteiger charge is -2.34. The molecule has 0 aromatic heterocycles. The maximum atomic E-state index is 12.1. The highest BCUT2D eigenvalue weighted by Gasteiger charge is 2.21. The monoisotopic (exact) mass is 367 g/mol. The molecule has 2 atom stereocenters. The Morgan fingerprint density at radius 1 is 1.32 bits per heavy atom. The van der Waals surface area contributed by atoms with Crippen LogP contribution in [0.25, 0.3) is 0 Å².